The lowest BCUT2D eigenvalue weighted by molar-refractivity contribution is -0.120. The Morgan fingerprint density at radius 2 is 2.20 bits per heavy atom. The highest BCUT2D eigenvalue weighted by atomic mass is 16.1. The summed E-state index contributed by atoms with van der Waals surface area (Å²) in [5.41, 5.74) is 0. The summed E-state index contributed by atoms with van der Waals surface area (Å²) >= 11 is 0. The molecule has 1 rings (SSSR count). The zero-order chi connectivity index (χ0) is 11.1. The summed E-state index contributed by atoms with van der Waals surface area (Å²) in [7, 11) is 0. The van der Waals surface area contributed by atoms with Crippen molar-refractivity contribution in [2.75, 3.05) is 19.6 Å². The number of carbonyl (C=O) groups is 1. The Morgan fingerprint density at radius 1 is 1.40 bits per heavy atom. The van der Waals surface area contributed by atoms with Crippen molar-refractivity contribution >= 4 is 5.91 Å². The largest absolute Gasteiger partial charge is 0.355 e. The predicted octanol–water partition coefficient (Wildman–Crippen LogP) is 1.54. The molecule has 3 nitrogen and oxygen atoms in total. The van der Waals surface area contributed by atoms with Crippen molar-refractivity contribution in [3.63, 3.8) is 0 Å². The zero-order valence-corrected chi connectivity index (χ0v) is 10.0. The van der Waals surface area contributed by atoms with E-state index in [1.165, 1.54) is 19.3 Å². The first kappa shape index (κ1) is 12.5. The average molecular weight is 212 g/mol. The first-order valence-corrected chi connectivity index (χ1v) is 6.21. The Balaban J connectivity index is 2.02. The van der Waals surface area contributed by atoms with Crippen LogP contribution in [-0.4, -0.2) is 25.5 Å². The highest BCUT2D eigenvalue weighted by Crippen LogP contribution is 2.30. The van der Waals surface area contributed by atoms with E-state index < -0.39 is 0 Å². The second-order valence-electron chi connectivity index (χ2n) is 4.65. The Bertz CT molecular complexity index is 194. The summed E-state index contributed by atoms with van der Waals surface area (Å²) in [6, 6.07) is 0. The van der Waals surface area contributed by atoms with E-state index in [2.05, 4.69) is 24.5 Å². The summed E-state index contributed by atoms with van der Waals surface area (Å²) in [5, 5.41) is 6.12. The topological polar surface area (TPSA) is 41.1 Å². The first-order chi connectivity index (χ1) is 7.24. The van der Waals surface area contributed by atoms with E-state index >= 15 is 0 Å². The first-order valence-electron chi connectivity index (χ1n) is 6.21. The predicted molar refractivity (Wildman–Crippen MR) is 62.7 cm³/mol. The Hall–Kier alpha value is -0.570. The van der Waals surface area contributed by atoms with E-state index in [0.29, 0.717) is 6.54 Å². The fourth-order valence-corrected chi connectivity index (χ4v) is 2.22. The molecular weight excluding hydrogens is 188 g/mol. The third-order valence-electron chi connectivity index (χ3n) is 3.30. The molecule has 0 saturated heterocycles. The van der Waals surface area contributed by atoms with Gasteiger partial charge in [-0.15, -0.1) is 0 Å². The lowest BCUT2D eigenvalue weighted by Gasteiger charge is -2.15. The van der Waals surface area contributed by atoms with Gasteiger partial charge in [-0.05, 0) is 31.2 Å². The molecule has 0 aromatic carbocycles. The molecule has 1 aliphatic rings. The molecule has 0 heterocycles. The molecule has 1 aliphatic carbocycles. The maximum Gasteiger partial charge on any atom is 0.233 e. The fourth-order valence-electron chi connectivity index (χ4n) is 2.22. The zero-order valence-electron chi connectivity index (χ0n) is 10.0. The van der Waals surface area contributed by atoms with Crippen LogP contribution in [-0.2, 0) is 4.79 Å². The molecule has 2 unspecified atom stereocenters. The van der Waals surface area contributed by atoms with Gasteiger partial charge in [0.05, 0.1) is 6.54 Å². The van der Waals surface area contributed by atoms with Gasteiger partial charge in [-0.25, -0.2) is 0 Å². The normalized spacial score (nSPS) is 25.5. The monoisotopic (exact) mass is 212 g/mol. The van der Waals surface area contributed by atoms with E-state index in [1.807, 2.05) is 0 Å². The number of amides is 1. The maximum atomic E-state index is 11.3. The second kappa shape index (κ2) is 6.83. The van der Waals surface area contributed by atoms with Crippen LogP contribution in [0.5, 0.6) is 0 Å². The third-order valence-corrected chi connectivity index (χ3v) is 3.30. The lowest BCUT2D eigenvalue weighted by Crippen LogP contribution is -2.36. The smallest absolute Gasteiger partial charge is 0.233 e. The minimum atomic E-state index is 0.127. The fraction of sp³-hybridized carbons (Fsp3) is 0.917. The van der Waals surface area contributed by atoms with E-state index in [1.54, 1.807) is 0 Å². The van der Waals surface area contributed by atoms with Gasteiger partial charge in [-0.3, -0.25) is 4.79 Å². The van der Waals surface area contributed by atoms with Crippen molar-refractivity contribution in [1.29, 1.82) is 0 Å². The lowest BCUT2D eigenvalue weighted by atomic mass is 9.98. The van der Waals surface area contributed by atoms with Crippen LogP contribution < -0.4 is 10.6 Å². The van der Waals surface area contributed by atoms with Crippen LogP contribution >= 0.6 is 0 Å². The van der Waals surface area contributed by atoms with Gasteiger partial charge in [0.2, 0.25) is 5.91 Å². The van der Waals surface area contributed by atoms with Crippen molar-refractivity contribution in [1.82, 2.24) is 10.6 Å². The quantitative estimate of drug-likeness (QED) is 0.701. The molecule has 0 aromatic rings. The molecule has 0 spiro atoms. The standard InChI is InChI=1S/C12H24N2O/c1-3-7-14-12(15)9-13-8-11-6-4-5-10(11)2/h10-11,13H,3-9H2,1-2H3,(H,14,15). The molecule has 15 heavy (non-hydrogen) atoms. The third kappa shape index (κ3) is 4.65. The van der Waals surface area contributed by atoms with Crippen molar-refractivity contribution in [3.8, 4) is 0 Å². The average Bonchev–Trinajstić information content (AvgIpc) is 2.61. The van der Waals surface area contributed by atoms with Crippen molar-refractivity contribution in [2.45, 2.75) is 39.5 Å². The molecule has 88 valence electrons. The molecule has 1 saturated carbocycles. The van der Waals surface area contributed by atoms with Crippen LogP contribution in [0.25, 0.3) is 0 Å². The van der Waals surface area contributed by atoms with Gasteiger partial charge in [-0.1, -0.05) is 26.7 Å². The van der Waals surface area contributed by atoms with Crippen LogP contribution in [0, 0.1) is 11.8 Å². The number of hydrogen-bond donors (Lipinski definition) is 2. The number of carbonyl (C=O) groups excluding carboxylic acids is 1. The SMILES string of the molecule is CCCNC(=O)CNCC1CCCC1C. The molecule has 1 fully saturated rings. The minimum absolute atomic E-state index is 0.127. The van der Waals surface area contributed by atoms with Crippen molar-refractivity contribution in [2.24, 2.45) is 11.8 Å². The molecule has 0 radical (unpaired) electrons. The van der Waals surface area contributed by atoms with Crippen LogP contribution in [0.15, 0.2) is 0 Å². The summed E-state index contributed by atoms with van der Waals surface area (Å²) in [4.78, 5) is 11.3. The van der Waals surface area contributed by atoms with Gasteiger partial charge in [-0.2, -0.15) is 0 Å². The number of hydrogen-bond acceptors (Lipinski definition) is 2. The van der Waals surface area contributed by atoms with Gasteiger partial charge in [0, 0.05) is 6.54 Å². The van der Waals surface area contributed by atoms with Crippen molar-refractivity contribution in [3.05, 3.63) is 0 Å². The van der Waals surface area contributed by atoms with Crippen LogP contribution in [0.4, 0.5) is 0 Å². The Kier molecular flexibility index (Phi) is 5.69. The van der Waals surface area contributed by atoms with E-state index in [4.69, 9.17) is 0 Å². The second-order valence-corrected chi connectivity index (χ2v) is 4.65. The Labute approximate surface area is 93.0 Å². The molecule has 0 bridgehead atoms. The molecule has 1 amide bonds. The van der Waals surface area contributed by atoms with Gasteiger partial charge in [0.25, 0.3) is 0 Å². The van der Waals surface area contributed by atoms with E-state index in [9.17, 15) is 4.79 Å². The molecular formula is C12H24N2O. The summed E-state index contributed by atoms with van der Waals surface area (Å²) in [6.07, 6.45) is 5.04. The van der Waals surface area contributed by atoms with Gasteiger partial charge >= 0.3 is 0 Å². The van der Waals surface area contributed by atoms with Gasteiger partial charge in [0.1, 0.15) is 0 Å². The van der Waals surface area contributed by atoms with Crippen LogP contribution in [0.3, 0.4) is 0 Å². The highest BCUT2D eigenvalue weighted by molar-refractivity contribution is 5.77. The van der Waals surface area contributed by atoms with Gasteiger partial charge in [0.15, 0.2) is 0 Å². The highest BCUT2D eigenvalue weighted by Gasteiger charge is 2.22. The van der Waals surface area contributed by atoms with Crippen molar-refractivity contribution < 1.29 is 4.79 Å². The minimum Gasteiger partial charge on any atom is -0.355 e. The molecule has 0 aliphatic heterocycles. The van der Waals surface area contributed by atoms with Crippen LogP contribution in [0.2, 0.25) is 0 Å². The molecule has 2 atom stereocenters. The summed E-state index contributed by atoms with van der Waals surface area (Å²) in [6.45, 7) is 6.65. The summed E-state index contributed by atoms with van der Waals surface area (Å²) < 4.78 is 0. The molecule has 0 aromatic heterocycles. The Morgan fingerprint density at radius 3 is 2.80 bits per heavy atom. The molecule has 3 heteroatoms. The number of rotatable bonds is 6. The number of nitrogens with one attached hydrogen (secondary N) is 2. The summed E-state index contributed by atoms with van der Waals surface area (Å²) in [5.74, 6) is 1.74. The maximum absolute atomic E-state index is 11.3. The van der Waals surface area contributed by atoms with Crippen LogP contribution in [0.1, 0.15) is 39.5 Å². The van der Waals surface area contributed by atoms with E-state index in [0.717, 1.165) is 31.3 Å². The van der Waals surface area contributed by atoms with E-state index in [-0.39, 0.29) is 5.91 Å². The van der Waals surface area contributed by atoms with Gasteiger partial charge < -0.3 is 10.6 Å². The molecule has 2 N–H and O–H groups in total.